The Kier molecular flexibility index (Phi) is 6.81. The van der Waals surface area contributed by atoms with Crippen molar-refractivity contribution < 1.29 is 4.79 Å². The highest BCUT2D eigenvalue weighted by Gasteiger charge is 2.24. The lowest BCUT2D eigenvalue weighted by Crippen LogP contribution is -2.32. The Labute approximate surface area is 224 Å². The molecule has 1 N–H and O–H groups in total. The number of benzene rings is 3. The van der Waals surface area contributed by atoms with Crippen molar-refractivity contribution in [2.24, 2.45) is 0 Å². The first kappa shape index (κ1) is 24.6. The summed E-state index contributed by atoms with van der Waals surface area (Å²) in [6.45, 7) is 2.54. The van der Waals surface area contributed by atoms with Gasteiger partial charge < -0.3 is 15.1 Å². The lowest BCUT2D eigenvalue weighted by atomic mass is 10.0. The number of para-hydroxylation sites is 1. The Morgan fingerprint density at radius 2 is 1.74 bits per heavy atom. The maximum absolute atomic E-state index is 12.5. The van der Waals surface area contributed by atoms with Gasteiger partial charge >= 0.3 is 0 Å². The van der Waals surface area contributed by atoms with Gasteiger partial charge in [0.1, 0.15) is 0 Å². The van der Waals surface area contributed by atoms with Gasteiger partial charge in [-0.2, -0.15) is 0 Å². The molecular formula is C32H35N5O. The number of nitrogens with one attached hydrogen (secondary N) is 1. The van der Waals surface area contributed by atoms with E-state index in [1.54, 1.807) is 19.0 Å². The molecule has 2 heterocycles. The summed E-state index contributed by atoms with van der Waals surface area (Å²) in [4.78, 5) is 26.4. The van der Waals surface area contributed by atoms with Gasteiger partial charge in [-0.1, -0.05) is 36.4 Å². The number of fused-ring (bicyclic) bond motifs is 2. The van der Waals surface area contributed by atoms with Gasteiger partial charge in [-0.05, 0) is 92.6 Å². The number of anilines is 2. The molecule has 1 aromatic heterocycles. The molecule has 0 unspecified atom stereocenters. The Balaban J connectivity index is 1.26. The SMILES string of the molecule is CN(C)C(=O)c1cccc(-c2cccc3cnc(Nc4ccc5c(c4)CC[C@@H](N4CCCC4)CC5)nc23)c1. The van der Waals surface area contributed by atoms with Gasteiger partial charge in [-0.25, -0.2) is 9.97 Å². The molecule has 4 aromatic rings. The van der Waals surface area contributed by atoms with Crippen LogP contribution in [0.25, 0.3) is 22.0 Å². The fraction of sp³-hybridized carbons (Fsp3) is 0.344. The average Bonchev–Trinajstić information content (AvgIpc) is 3.40. The number of aryl methyl sites for hydroxylation is 2. The molecule has 0 saturated carbocycles. The maximum atomic E-state index is 12.5. The average molecular weight is 506 g/mol. The summed E-state index contributed by atoms with van der Waals surface area (Å²) in [5, 5.41) is 4.43. The van der Waals surface area contributed by atoms with Crippen molar-refractivity contribution in [2.75, 3.05) is 32.5 Å². The minimum atomic E-state index is -0.0148. The van der Waals surface area contributed by atoms with E-state index >= 15 is 0 Å². The second-order valence-corrected chi connectivity index (χ2v) is 10.8. The maximum Gasteiger partial charge on any atom is 0.253 e. The second-order valence-electron chi connectivity index (χ2n) is 10.8. The lowest BCUT2D eigenvalue weighted by molar-refractivity contribution is 0.0827. The summed E-state index contributed by atoms with van der Waals surface area (Å²) in [7, 11) is 3.54. The van der Waals surface area contributed by atoms with Gasteiger partial charge in [0.2, 0.25) is 5.95 Å². The number of amides is 1. The highest BCUT2D eigenvalue weighted by Crippen LogP contribution is 2.31. The van der Waals surface area contributed by atoms with E-state index in [-0.39, 0.29) is 5.91 Å². The van der Waals surface area contributed by atoms with Gasteiger partial charge in [0.05, 0.1) is 5.52 Å². The van der Waals surface area contributed by atoms with Crippen molar-refractivity contribution >= 4 is 28.4 Å². The summed E-state index contributed by atoms with van der Waals surface area (Å²) in [6.07, 6.45) is 9.35. The molecule has 0 spiro atoms. The van der Waals surface area contributed by atoms with Crippen LogP contribution >= 0.6 is 0 Å². The zero-order valence-corrected chi connectivity index (χ0v) is 22.3. The first-order chi connectivity index (χ1) is 18.5. The fourth-order valence-corrected chi connectivity index (χ4v) is 6.00. The zero-order valence-electron chi connectivity index (χ0n) is 22.3. The molecule has 1 aliphatic heterocycles. The minimum Gasteiger partial charge on any atom is -0.345 e. The Bertz CT molecular complexity index is 1470. The summed E-state index contributed by atoms with van der Waals surface area (Å²) >= 11 is 0. The van der Waals surface area contributed by atoms with Crippen molar-refractivity contribution in [3.05, 3.63) is 83.6 Å². The number of rotatable bonds is 5. The Morgan fingerprint density at radius 1 is 0.947 bits per heavy atom. The van der Waals surface area contributed by atoms with Gasteiger partial charge in [0.25, 0.3) is 5.91 Å². The smallest absolute Gasteiger partial charge is 0.253 e. The third-order valence-electron chi connectivity index (χ3n) is 8.05. The summed E-state index contributed by atoms with van der Waals surface area (Å²) < 4.78 is 0. The van der Waals surface area contributed by atoms with Gasteiger partial charge in [0, 0.05) is 48.5 Å². The predicted molar refractivity (Wildman–Crippen MR) is 154 cm³/mol. The molecule has 38 heavy (non-hydrogen) atoms. The van der Waals surface area contributed by atoms with E-state index in [9.17, 15) is 4.79 Å². The molecule has 3 aromatic carbocycles. The standard InChI is InChI=1S/C32H35N5O/c1-36(2)31(38)25-8-5-7-24(19-25)29-10-6-9-26-21-33-32(35-30(26)29)34-27-14-11-22-12-15-28(16-13-23(22)20-27)37-17-3-4-18-37/h5-11,14,19-21,28H,3-4,12-13,15-18H2,1-2H3,(H,33,34,35)/t28-/m0/s1. The molecule has 1 fully saturated rings. The Hall–Kier alpha value is -3.77. The molecule has 0 radical (unpaired) electrons. The summed E-state index contributed by atoms with van der Waals surface area (Å²) in [5.41, 5.74) is 7.42. The van der Waals surface area contributed by atoms with Crippen molar-refractivity contribution in [1.29, 1.82) is 0 Å². The van der Waals surface area contributed by atoms with E-state index in [1.807, 2.05) is 42.6 Å². The second kappa shape index (κ2) is 10.5. The van der Waals surface area contributed by atoms with Crippen LogP contribution in [0.5, 0.6) is 0 Å². The van der Waals surface area contributed by atoms with Crippen LogP contribution in [0.4, 0.5) is 11.6 Å². The van der Waals surface area contributed by atoms with Crippen LogP contribution in [0.1, 0.15) is 47.2 Å². The molecule has 1 amide bonds. The van der Waals surface area contributed by atoms with E-state index in [2.05, 4.69) is 39.5 Å². The van der Waals surface area contributed by atoms with E-state index in [0.717, 1.165) is 46.6 Å². The molecule has 6 rings (SSSR count). The Morgan fingerprint density at radius 3 is 2.55 bits per heavy atom. The topological polar surface area (TPSA) is 61.4 Å². The van der Waals surface area contributed by atoms with Crippen LogP contribution in [0.3, 0.4) is 0 Å². The van der Waals surface area contributed by atoms with Crippen molar-refractivity contribution in [2.45, 2.75) is 44.6 Å². The molecule has 2 aliphatic rings. The lowest BCUT2D eigenvalue weighted by Gasteiger charge is -2.25. The first-order valence-corrected chi connectivity index (χ1v) is 13.8. The van der Waals surface area contributed by atoms with Gasteiger partial charge in [0.15, 0.2) is 0 Å². The number of nitrogens with zero attached hydrogens (tertiary/aromatic N) is 4. The molecular weight excluding hydrogens is 470 g/mol. The van der Waals surface area contributed by atoms with Gasteiger partial charge in [-0.3, -0.25) is 4.79 Å². The van der Waals surface area contributed by atoms with Gasteiger partial charge in [-0.15, -0.1) is 0 Å². The highest BCUT2D eigenvalue weighted by atomic mass is 16.2. The third kappa shape index (κ3) is 5.01. The quantitative estimate of drug-likeness (QED) is 0.333. The van der Waals surface area contributed by atoms with Crippen LogP contribution in [0, 0.1) is 0 Å². The fourth-order valence-electron chi connectivity index (χ4n) is 6.00. The summed E-state index contributed by atoms with van der Waals surface area (Å²) in [5.74, 6) is 0.563. The molecule has 6 nitrogen and oxygen atoms in total. The zero-order chi connectivity index (χ0) is 26.1. The minimum absolute atomic E-state index is 0.0148. The van der Waals surface area contributed by atoms with E-state index in [0.29, 0.717) is 11.5 Å². The number of carbonyl (C=O) groups is 1. The number of carbonyl (C=O) groups excluding carboxylic acids is 1. The monoisotopic (exact) mass is 505 g/mol. The number of hydrogen-bond acceptors (Lipinski definition) is 5. The van der Waals surface area contributed by atoms with Crippen molar-refractivity contribution in [1.82, 2.24) is 19.8 Å². The summed E-state index contributed by atoms with van der Waals surface area (Å²) in [6, 6.07) is 21.3. The molecule has 6 heteroatoms. The normalized spacial score (nSPS) is 17.7. The largest absolute Gasteiger partial charge is 0.345 e. The van der Waals surface area contributed by atoms with E-state index in [1.165, 1.54) is 49.9 Å². The van der Waals surface area contributed by atoms with Crippen molar-refractivity contribution in [3.63, 3.8) is 0 Å². The first-order valence-electron chi connectivity index (χ1n) is 13.8. The third-order valence-corrected chi connectivity index (χ3v) is 8.05. The number of hydrogen-bond donors (Lipinski definition) is 1. The van der Waals surface area contributed by atoms with Crippen molar-refractivity contribution in [3.8, 4) is 11.1 Å². The molecule has 1 aliphatic carbocycles. The molecule has 1 atom stereocenters. The van der Waals surface area contributed by atoms with Crippen LogP contribution in [-0.2, 0) is 12.8 Å². The molecule has 194 valence electrons. The van der Waals surface area contributed by atoms with Crippen LogP contribution in [-0.4, -0.2) is 58.9 Å². The molecule has 1 saturated heterocycles. The number of likely N-dealkylation sites (tertiary alicyclic amines) is 1. The highest BCUT2D eigenvalue weighted by molar-refractivity contribution is 5.98. The van der Waals surface area contributed by atoms with Crippen LogP contribution in [0.15, 0.2) is 66.9 Å². The van der Waals surface area contributed by atoms with E-state index in [4.69, 9.17) is 4.98 Å². The molecule has 0 bridgehead atoms. The van der Waals surface area contributed by atoms with Crippen LogP contribution < -0.4 is 5.32 Å². The van der Waals surface area contributed by atoms with Crippen LogP contribution in [0.2, 0.25) is 0 Å². The number of aromatic nitrogens is 2. The predicted octanol–water partition coefficient (Wildman–Crippen LogP) is 6.09. The van der Waals surface area contributed by atoms with E-state index < -0.39 is 0 Å².